The Morgan fingerprint density at radius 2 is 1.82 bits per heavy atom. The summed E-state index contributed by atoms with van der Waals surface area (Å²) in [5.74, 6) is 0.513. The number of carbonyl (C=O) groups is 2. The molecule has 0 saturated carbocycles. The number of thioether (sulfide) groups is 1. The lowest BCUT2D eigenvalue weighted by Gasteiger charge is -2.37. The number of ether oxygens (including phenoxy) is 1. The minimum absolute atomic E-state index is 0.211. The molecular weight excluding hydrogens is 434 g/mol. The molecule has 2 aromatic rings. The average molecular weight is 466 g/mol. The van der Waals surface area contributed by atoms with E-state index in [9.17, 15) is 9.59 Å². The number of unbranched alkanes of at least 4 members (excludes halogenated alkanes) is 1. The number of imide groups is 1. The van der Waals surface area contributed by atoms with Gasteiger partial charge in [-0.1, -0.05) is 43.7 Å². The van der Waals surface area contributed by atoms with Gasteiger partial charge in [-0.25, -0.2) is 0 Å². The molecule has 33 heavy (non-hydrogen) atoms. The van der Waals surface area contributed by atoms with Gasteiger partial charge in [0.1, 0.15) is 5.75 Å². The van der Waals surface area contributed by atoms with Gasteiger partial charge in [0.25, 0.3) is 11.1 Å². The van der Waals surface area contributed by atoms with Gasteiger partial charge in [0, 0.05) is 37.4 Å². The zero-order valence-corrected chi connectivity index (χ0v) is 20.1. The molecule has 0 atom stereocenters. The van der Waals surface area contributed by atoms with Crippen LogP contribution in [0.5, 0.6) is 5.75 Å². The molecule has 2 fully saturated rings. The quantitative estimate of drug-likeness (QED) is 0.404. The topological polar surface area (TPSA) is 53.1 Å². The number of piperazine rings is 1. The van der Waals surface area contributed by atoms with Gasteiger partial charge >= 0.3 is 0 Å². The number of rotatable bonds is 8. The lowest BCUT2D eigenvalue weighted by molar-refractivity contribution is -0.124. The summed E-state index contributed by atoms with van der Waals surface area (Å²) < 4.78 is 5.88. The summed E-state index contributed by atoms with van der Waals surface area (Å²) in [4.78, 5) is 32.0. The van der Waals surface area contributed by atoms with Crippen molar-refractivity contribution >= 4 is 34.7 Å². The lowest BCUT2D eigenvalue weighted by Crippen LogP contribution is -2.50. The van der Waals surface area contributed by atoms with Crippen molar-refractivity contribution in [3.8, 4) is 5.75 Å². The minimum Gasteiger partial charge on any atom is -0.493 e. The summed E-state index contributed by atoms with van der Waals surface area (Å²) in [5.41, 5.74) is 3.30. The van der Waals surface area contributed by atoms with Crippen molar-refractivity contribution in [2.24, 2.45) is 0 Å². The van der Waals surface area contributed by atoms with Crippen molar-refractivity contribution in [2.75, 3.05) is 44.4 Å². The zero-order chi connectivity index (χ0) is 23.2. The van der Waals surface area contributed by atoms with E-state index >= 15 is 0 Å². The summed E-state index contributed by atoms with van der Waals surface area (Å²) in [7, 11) is 0. The molecule has 0 N–H and O–H groups in total. The van der Waals surface area contributed by atoms with E-state index in [-0.39, 0.29) is 11.1 Å². The Bertz CT molecular complexity index is 1030. The van der Waals surface area contributed by atoms with E-state index in [0.29, 0.717) is 18.2 Å². The fourth-order valence-electron chi connectivity index (χ4n) is 3.99. The highest BCUT2D eigenvalue weighted by molar-refractivity contribution is 8.18. The van der Waals surface area contributed by atoms with Crippen LogP contribution in [0.4, 0.5) is 10.5 Å². The van der Waals surface area contributed by atoms with Gasteiger partial charge in [-0.2, -0.15) is 0 Å². The summed E-state index contributed by atoms with van der Waals surface area (Å²) >= 11 is 1.01. The zero-order valence-electron chi connectivity index (χ0n) is 19.3. The van der Waals surface area contributed by atoms with Crippen LogP contribution in [0.1, 0.15) is 30.9 Å². The maximum absolute atomic E-state index is 13.0. The van der Waals surface area contributed by atoms with Crippen LogP contribution in [0, 0.1) is 6.92 Å². The molecule has 2 saturated heterocycles. The molecular formula is C26H31N3O3S. The van der Waals surface area contributed by atoms with Crippen LogP contribution < -0.4 is 9.64 Å². The Morgan fingerprint density at radius 3 is 2.58 bits per heavy atom. The van der Waals surface area contributed by atoms with Crippen LogP contribution in [0.15, 0.2) is 53.4 Å². The number of hydrogen-bond donors (Lipinski definition) is 0. The number of para-hydroxylation sites is 1. The molecule has 174 valence electrons. The number of hydrogen-bond acceptors (Lipinski definition) is 6. The normalized spacial score (nSPS) is 18.4. The number of anilines is 1. The van der Waals surface area contributed by atoms with Crippen LogP contribution >= 0.6 is 11.8 Å². The molecule has 0 bridgehead atoms. The first-order chi connectivity index (χ1) is 16.0. The van der Waals surface area contributed by atoms with Crippen molar-refractivity contribution in [3.63, 3.8) is 0 Å². The van der Waals surface area contributed by atoms with Crippen molar-refractivity contribution in [3.05, 3.63) is 64.6 Å². The van der Waals surface area contributed by atoms with Crippen molar-refractivity contribution in [1.82, 2.24) is 9.80 Å². The molecule has 0 aliphatic carbocycles. The number of aryl methyl sites for hydroxylation is 1. The summed E-state index contributed by atoms with van der Waals surface area (Å²) in [6.07, 6.45) is 3.81. The summed E-state index contributed by atoms with van der Waals surface area (Å²) in [6.45, 7) is 8.55. The number of carbonyl (C=O) groups excluding carboxylic acids is 2. The molecule has 6 nitrogen and oxygen atoms in total. The largest absolute Gasteiger partial charge is 0.493 e. The maximum Gasteiger partial charge on any atom is 0.294 e. The molecule has 0 spiro atoms. The Labute approximate surface area is 200 Å². The Morgan fingerprint density at radius 1 is 1.03 bits per heavy atom. The van der Waals surface area contributed by atoms with E-state index in [1.165, 1.54) is 16.2 Å². The number of benzene rings is 2. The third-order valence-electron chi connectivity index (χ3n) is 5.92. The average Bonchev–Trinajstić information content (AvgIpc) is 3.08. The molecule has 2 aliphatic heterocycles. The first-order valence-electron chi connectivity index (χ1n) is 11.6. The Hall–Kier alpha value is -2.77. The molecule has 0 radical (unpaired) electrons. The van der Waals surface area contributed by atoms with Crippen LogP contribution in [0.3, 0.4) is 0 Å². The van der Waals surface area contributed by atoms with Crippen molar-refractivity contribution in [2.45, 2.75) is 26.7 Å². The van der Waals surface area contributed by atoms with Crippen molar-refractivity contribution in [1.29, 1.82) is 0 Å². The van der Waals surface area contributed by atoms with E-state index in [4.69, 9.17) is 4.74 Å². The van der Waals surface area contributed by atoms with E-state index in [0.717, 1.165) is 62.1 Å². The molecule has 2 amide bonds. The number of amides is 2. The molecule has 0 unspecified atom stereocenters. The van der Waals surface area contributed by atoms with Crippen LogP contribution in [0.2, 0.25) is 0 Å². The second-order valence-corrected chi connectivity index (χ2v) is 9.43. The van der Waals surface area contributed by atoms with Gasteiger partial charge in [0.15, 0.2) is 0 Å². The van der Waals surface area contributed by atoms with Crippen molar-refractivity contribution < 1.29 is 14.3 Å². The van der Waals surface area contributed by atoms with E-state index in [1.807, 2.05) is 24.3 Å². The fraction of sp³-hybridized carbons (Fsp3) is 0.385. The highest BCUT2D eigenvalue weighted by Crippen LogP contribution is 2.34. The van der Waals surface area contributed by atoms with Gasteiger partial charge in [-0.3, -0.25) is 19.4 Å². The number of nitrogens with zero attached hydrogens (tertiary/aromatic N) is 3. The van der Waals surface area contributed by atoms with E-state index in [2.05, 4.69) is 47.9 Å². The van der Waals surface area contributed by atoms with E-state index < -0.39 is 0 Å². The molecule has 2 aromatic carbocycles. The van der Waals surface area contributed by atoms with Gasteiger partial charge in [0.05, 0.1) is 18.2 Å². The molecule has 4 rings (SSSR count). The Kier molecular flexibility index (Phi) is 7.73. The maximum atomic E-state index is 13.0. The predicted molar refractivity (Wildman–Crippen MR) is 134 cm³/mol. The van der Waals surface area contributed by atoms with Gasteiger partial charge in [0.2, 0.25) is 0 Å². The van der Waals surface area contributed by atoms with Crippen LogP contribution in [-0.4, -0.2) is 60.4 Å². The van der Waals surface area contributed by atoms with Crippen LogP contribution in [0.25, 0.3) is 6.08 Å². The smallest absolute Gasteiger partial charge is 0.294 e. The monoisotopic (exact) mass is 465 g/mol. The fourth-order valence-corrected chi connectivity index (χ4v) is 4.82. The summed E-state index contributed by atoms with van der Waals surface area (Å²) in [5, 5.41) is -0.211. The molecule has 0 aromatic heterocycles. The second kappa shape index (κ2) is 10.9. The Balaban J connectivity index is 1.37. The minimum atomic E-state index is -0.227. The first kappa shape index (κ1) is 23.4. The van der Waals surface area contributed by atoms with Crippen LogP contribution in [-0.2, 0) is 4.79 Å². The second-order valence-electron chi connectivity index (χ2n) is 8.44. The third-order valence-corrected chi connectivity index (χ3v) is 6.82. The standard InChI is InChI=1S/C26H31N3O3S/c1-3-4-16-32-23-11-6-5-9-21(23)18-24-25(30)29(26(31)33-24)19-27-12-14-28(15-13-27)22-10-7-8-20(2)17-22/h5-11,17-18H,3-4,12-16,19H2,1-2H3/b24-18+. The molecule has 7 heteroatoms. The highest BCUT2D eigenvalue weighted by Gasteiger charge is 2.36. The SMILES string of the molecule is CCCCOc1ccccc1/C=C1/SC(=O)N(CN2CCN(c3cccc(C)c3)CC2)C1=O. The summed E-state index contributed by atoms with van der Waals surface area (Å²) in [6, 6.07) is 16.2. The lowest BCUT2D eigenvalue weighted by atomic mass is 10.2. The van der Waals surface area contributed by atoms with Gasteiger partial charge < -0.3 is 9.64 Å². The third kappa shape index (κ3) is 5.78. The first-order valence-corrected chi connectivity index (χ1v) is 12.4. The predicted octanol–water partition coefficient (Wildman–Crippen LogP) is 4.99. The molecule has 2 heterocycles. The van der Waals surface area contributed by atoms with Gasteiger partial charge in [-0.15, -0.1) is 0 Å². The highest BCUT2D eigenvalue weighted by atomic mass is 32.2. The molecule has 2 aliphatic rings. The van der Waals surface area contributed by atoms with Gasteiger partial charge in [-0.05, 0) is 54.9 Å². The van der Waals surface area contributed by atoms with E-state index in [1.54, 1.807) is 6.08 Å².